The lowest BCUT2D eigenvalue weighted by Gasteiger charge is -2.17. The minimum Gasteiger partial charge on any atom is -0.375 e. The minimum atomic E-state index is -4.52. The Morgan fingerprint density at radius 3 is 2.48 bits per heavy atom. The van der Waals surface area contributed by atoms with Gasteiger partial charge < -0.3 is 11.5 Å². The van der Waals surface area contributed by atoms with Crippen LogP contribution in [-0.4, -0.2) is 46.6 Å². The second-order valence-corrected chi connectivity index (χ2v) is 11.1. The van der Waals surface area contributed by atoms with Gasteiger partial charge in [-0.05, 0) is 17.7 Å². The van der Waals surface area contributed by atoms with Crippen LogP contribution in [0.4, 0.5) is 5.13 Å². The smallest absolute Gasteiger partial charge is 0.240 e. The van der Waals surface area contributed by atoms with Crippen LogP contribution in [0, 0.1) is 0 Å². The Labute approximate surface area is 181 Å². The summed E-state index contributed by atoms with van der Waals surface area (Å²) in [7, 11) is -8.58. The highest BCUT2D eigenvalue weighted by Crippen LogP contribution is 2.40. The molecule has 0 saturated carbocycles. The number of azo groups is 1. The number of nitrogens with two attached hydrogens (primary N) is 3. The van der Waals surface area contributed by atoms with E-state index >= 15 is 0 Å². The number of sulfone groups is 1. The van der Waals surface area contributed by atoms with Crippen molar-refractivity contribution in [1.29, 1.82) is 0 Å². The van der Waals surface area contributed by atoms with Crippen LogP contribution in [0.2, 0.25) is 0 Å². The van der Waals surface area contributed by atoms with E-state index in [1.807, 2.05) is 0 Å². The van der Waals surface area contributed by atoms with Gasteiger partial charge in [-0.3, -0.25) is 0 Å². The number of thiazole rings is 1. The zero-order valence-electron chi connectivity index (χ0n) is 15.9. The van der Waals surface area contributed by atoms with Crippen LogP contribution in [0.1, 0.15) is 5.56 Å². The summed E-state index contributed by atoms with van der Waals surface area (Å²) < 4.78 is 51.6. The third-order valence-electron chi connectivity index (χ3n) is 4.52. The van der Waals surface area contributed by atoms with Gasteiger partial charge in [0.2, 0.25) is 10.0 Å². The first-order valence-corrected chi connectivity index (χ1v) is 12.9. The van der Waals surface area contributed by atoms with Crippen LogP contribution in [0.5, 0.6) is 0 Å². The lowest BCUT2D eigenvalue weighted by atomic mass is 9.98. The van der Waals surface area contributed by atoms with E-state index < -0.39 is 35.4 Å². The third kappa shape index (κ3) is 3.83. The lowest BCUT2D eigenvalue weighted by molar-refractivity contribution is 0.583. The van der Waals surface area contributed by atoms with Crippen LogP contribution < -0.4 is 16.6 Å². The fourth-order valence-corrected chi connectivity index (χ4v) is 6.95. The average Bonchev–Trinajstić information content (AvgIpc) is 3.34. The van der Waals surface area contributed by atoms with Crippen molar-refractivity contribution in [2.45, 2.75) is 9.79 Å². The van der Waals surface area contributed by atoms with E-state index in [1.165, 1.54) is 23.5 Å². The molecule has 0 bridgehead atoms. The molecular weight excluding hydrogens is 462 g/mol. The van der Waals surface area contributed by atoms with Gasteiger partial charge in [0, 0.05) is 12.1 Å². The molecule has 0 saturated heterocycles. The van der Waals surface area contributed by atoms with Crippen LogP contribution in [0.25, 0.3) is 21.3 Å². The average molecular weight is 480 g/mol. The summed E-state index contributed by atoms with van der Waals surface area (Å²) in [5.74, 6) is -0.484. The van der Waals surface area contributed by atoms with Gasteiger partial charge in [-0.1, -0.05) is 29.5 Å². The molecular formula is C17H17N7O4S3. The van der Waals surface area contributed by atoms with Crippen molar-refractivity contribution < 1.29 is 16.8 Å². The summed E-state index contributed by atoms with van der Waals surface area (Å²) in [4.78, 5) is 7.33. The molecule has 0 unspecified atom stereocenters. The van der Waals surface area contributed by atoms with Gasteiger partial charge in [0.15, 0.2) is 27.5 Å². The topological polar surface area (TPSA) is 196 Å². The summed E-state index contributed by atoms with van der Waals surface area (Å²) in [5, 5.41) is 13.5. The Morgan fingerprint density at radius 2 is 1.84 bits per heavy atom. The van der Waals surface area contributed by atoms with Crippen molar-refractivity contribution in [3.05, 3.63) is 35.9 Å². The van der Waals surface area contributed by atoms with Gasteiger partial charge in [0.25, 0.3) is 0 Å². The zero-order chi connectivity index (χ0) is 22.4. The van der Waals surface area contributed by atoms with Crippen LogP contribution >= 0.6 is 11.3 Å². The molecule has 0 radical (unpaired) electrons. The molecule has 6 N–H and O–H groups in total. The largest absolute Gasteiger partial charge is 0.375 e. The molecule has 162 valence electrons. The molecule has 2 aromatic carbocycles. The fourth-order valence-electron chi connectivity index (χ4n) is 3.34. The number of primary sulfonamides is 1. The quantitative estimate of drug-likeness (QED) is 0.470. The zero-order valence-corrected chi connectivity index (χ0v) is 18.3. The van der Waals surface area contributed by atoms with Gasteiger partial charge in [-0.15, -0.1) is 5.11 Å². The van der Waals surface area contributed by atoms with E-state index in [-0.39, 0.29) is 24.6 Å². The van der Waals surface area contributed by atoms with Gasteiger partial charge in [-0.25, -0.2) is 32.0 Å². The molecule has 31 heavy (non-hydrogen) atoms. The molecule has 0 fully saturated rings. The van der Waals surface area contributed by atoms with E-state index in [2.05, 4.69) is 20.2 Å². The molecule has 1 aliphatic rings. The highest BCUT2D eigenvalue weighted by atomic mass is 32.2. The maximum absolute atomic E-state index is 12.8. The summed E-state index contributed by atoms with van der Waals surface area (Å²) >= 11 is 1.21. The van der Waals surface area contributed by atoms with Crippen molar-refractivity contribution in [1.82, 2.24) is 4.98 Å². The highest BCUT2D eigenvalue weighted by molar-refractivity contribution is 7.93. The molecule has 0 amide bonds. The Balaban J connectivity index is 2.16. The van der Waals surface area contributed by atoms with Crippen molar-refractivity contribution >= 4 is 52.4 Å². The number of aliphatic imine (C=N–C) groups is 1. The van der Waals surface area contributed by atoms with Crippen LogP contribution in [0.15, 0.2) is 55.3 Å². The number of aromatic nitrogens is 1. The maximum Gasteiger partial charge on any atom is 0.240 e. The first-order chi connectivity index (χ1) is 14.6. The first-order valence-electron chi connectivity index (χ1n) is 8.84. The number of fused-ring (bicyclic) bond motifs is 1. The molecule has 0 atom stereocenters. The van der Waals surface area contributed by atoms with Crippen molar-refractivity contribution in [2.24, 2.45) is 26.1 Å². The predicted octanol–water partition coefficient (Wildman–Crippen LogP) is 1.10. The van der Waals surface area contributed by atoms with E-state index in [0.29, 0.717) is 26.5 Å². The minimum absolute atomic E-state index is 0.0175. The predicted molar refractivity (Wildman–Crippen MR) is 118 cm³/mol. The van der Waals surface area contributed by atoms with E-state index in [0.717, 1.165) is 0 Å². The van der Waals surface area contributed by atoms with Gasteiger partial charge in [0.1, 0.15) is 4.90 Å². The summed E-state index contributed by atoms with van der Waals surface area (Å²) in [6.07, 6.45) is 0. The summed E-state index contributed by atoms with van der Waals surface area (Å²) in [5.41, 5.74) is 12.8. The number of nitrogen functional groups attached to an aromatic ring is 1. The van der Waals surface area contributed by atoms with Crippen molar-refractivity contribution in [2.75, 3.05) is 24.7 Å². The second-order valence-electron chi connectivity index (χ2n) is 6.54. The molecule has 1 aromatic heterocycles. The van der Waals surface area contributed by atoms with E-state index in [9.17, 15) is 16.8 Å². The fraction of sp³-hybridized carbons (Fsp3) is 0.176. The monoisotopic (exact) mass is 479 g/mol. The Morgan fingerprint density at radius 1 is 1.06 bits per heavy atom. The lowest BCUT2D eigenvalue weighted by Crippen LogP contribution is -2.24. The molecule has 0 spiro atoms. The number of anilines is 1. The number of benzene rings is 2. The number of sulfonamides is 1. The highest BCUT2D eigenvalue weighted by Gasteiger charge is 2.32. The number of amidine groups is 1. The standard InChI is InChI=1S/C17H17N7O4S3/c18-6-7-30(25,26)12-5-4-9(10-2-1-3-11-14(10)29-17(19)23-11)13(15(12)31(20,27)28)16-21-8-22-24-16/h1-5H,6-8,18H2,(H2,19,23)(H2,20,27,28). The van der Waals surface area contributed by atoms with Gasteiger partial charge >= 0.3 is 0 Å². The molecule has 3 aromatic rings. The number of rotatable bonds is 6. The number of nitrogens with zero attached hydrogens (tertiary/aromatic N) is 4. The number of hydrogen-bond acceptors (Lipinski definition) is 11. The Kier molecular flexibility index (Phi) is 5.35. The SMILES string of the molecule is NCCS(=O)(=O)c1ccc(-c2cccc3nc(N)sc23)c(C2=NCN=N2)c1S(N)(=O)=O. The second kappa shape index (κ2) is 7.72. The summed E-state index contributed by atoms with van der Waals surface area (Å²) in [6.45, 7) is -0.208. The van der Waals surface area contributed by atoms with Crippen LogP contribution in [-0.2, 0) is 19.9 Å². The molecule has 11 nitrogen and oxygen atoms in total. The van der Waals surface area contributed by atoms with Crippen LogP contribution in [0.3, 0.4) is 0 Å². The summed E-state index contributed by atoms with van der Waals surface area (Å²) in [6, 6.07) is 7.94. The Hall–Kier alpha value is -2.78. The van der Waals surface area contributed by atoms with E-state index in [4.69, 9.17) is 16.6 Å². The molecule has 14 heteroatoms. The van der Waals surface area contributed by atoms with Crippen molar-refractivity contribution in [3.8, 4) is 11.1 Å². The Bertz CT molecular complexity index is 1470. The van der Waals surface area contributed by atoms with Crippen molar-refractivity contribution in [3.63, 3.8) is 0 Å². The van der Waals surface area contributed by atoms with E-state index in [1.54, 1.807) is 18.2 Å². The van der Waals surface area contributed by atoms with Gasteiger partial charge in [0.05, 0.1) is 26.4 Å². The first kappa shape index (κ1) is 21.5. The normalized spacial score (nSPS) is 14.3. The maximum atomic E-state index is 12.8. The number of hydrogen-bond donors (Lipinski definition) is 3. The third-order valence-corrected chi connectivity index (χ3v) is 8.36. The molecule has 2 heterocycles. The molecule has 4 rings (SSSR count). The molecule has 1 aliphatic heterocycles. The molecule has 0 aliphatic carbocycles. The van der Waals surface area contributed by atoms with Gasteiger partial charge in [-0.2, -0.15) is 5.11 Å².